The molecule has 4 N–H and O–H groups in total. The third kappa shape index (κ3) is 7.48. The maximum atomic E-state index is 10.2. The number of rotatable bonds is 12. The average Bonchev–Trinajstić information content (AvgIpc) is 2.81. The third-order valence-corrected chi connectivity index (χ3v) is 5.05. The second-order valence-corrected chi connectivity index (χ2v) is 7.79. The Bertz CT molecular complexity index is 884. The number of aliphatic hydroxyl groups excluding tert-OH is 2. The number of aliphatic hydroxyl groups is 2. The minimum absolute atomic E-state index is 0.183. The quantitative estimate of drug-likeness (QED) is 0.343. The molecule has 0 aliphatic rings. The zero-order valence-electron chi connectivity index (χ0n) is 18.6. The summed E-state index contributed by atoms with van der Waals surface area (Å²) in [5.74, 6) is 1.29. The summed E-state index contributed by atoms with van der Waals surface area (Å²) in [6, 6.07) is 23.0. The van der Waals surface area contributed by atoms with Crippen LogP contribution in [0.25, 0.3) is 0 Å². The van der Waals surface area contributed by atoms with Gasteiger partial charge in [-0.15, -0.1) is 0 Å². The van der Waals surface area contributed by atoms with E-state index in [4.69, 9.17) is 9.47 Å². The number of para-hydroxylation sites is 2. The Hall–Kier alpha value is -3.22. The van der Waals surface area contributed by atoms with Crippen molar-refractivity contribution in [2.75, 3.05) is 36.9 Å². The summed E-state index contributed by atoms with van der Waals surface area (Å²) >= 11 is 0. The molecular formula is C26H32N2O4. The Labute approximate surface area is 189 Å². The minimum Gasteiger partial charge on any atom is -0.491 e. The molecule has 0 amide bonds. The molecule has 3 aromatic rings. The zero-order chi connectivity index (χ0) is 22.8. The standard InChI is InChI=1S/C26H32N2O4/c1-19-7-3-5-9-25(19)27-15-21(29)17-31-23-11-13-24(14-12-23)32-18-22(30)16-28-26-10-6-4-8-20(26)2/h3-14,21-22,27-30H,15-18H2,1-2H3/t21-,22-/m1/s1. The molecular weight excluding hydrogens is 404 g/mol. The third-order valence-electron chi connectivity index (χ3n) is 5.05. The van der Waals surface area contributed by atoms with E-state index in [1.54, 1.807) is 24.3 Å². The number of hydrogen-bond acceptors (Lipinski definition) is 6. The highest BCUT2D eigenvalue weighted by atomic mass is 16.5. The first-order valence-corrected chi connectivity index (χ1v) is 10.8. The summed E-state index contributed by atoms with van der Waals surface area (Å²) in [4.78, 5) is 0. The fraction of sp³-hybridized carbons (Fsp3) is 0.308. The number of nitrogens with one attached hydrogen (secondary N) is 2. The van der Waals surface area contributed by atoms with Gasteiger partial charge < -0.3 is 30.3 Å². The molecule has 0 aliphatic carbocycles. The van der Waals surface area contributed by atoms with Gasteiger partial charge in [0.25, 0.3) is 0 Å². The first-order valence-electron chi connectivity index (χ1n) is 10.8. The Morgan fingerprint density at radius 1 is 0.625 bits per heavy atom. The molecule has 0 aromatic heterocycles. The van der Waals surface area contributed by atoms with E-state index in [1.807, 2.05) is 62.4 Å². The average molecular weight is 437 g/mol. The van der Waals surface area contributed by atoms with E-state index in [0.29, 0.717) is 24.6 Å². The second-order valence-electron chi connectivity index (χ2n) is 7.79. The lowest BCUT2D eigenvalue weighted by Gasteiger charge is -2.16. The lowest BCUT2D eigenvalue weighted by molar-refractivity contribution is 0.115. The molecule has 3 rings (SSSR count). The number of hydrogen-bond donors (Lipinski definition) is 4. The van der Waals surface area contributed by atoms with Gasteiger partial charge in [-0.1, -0.05) is 36.4 Å². The van der Waals surface area contributed by atoms with Gasteiger partial charge in [-0.25, -0.2) is 0 Å². The molecule has 0 saturated carbocycles. The fourth-order valence-electron chi connectivity index (χ4n) is 3.13. The first kappa shape index (κ1) is 23.4. The first-order chi connectivity index (χ1) is 15.5. The van der Waals surface area contributed by atoms with Gasteiger partial charge in [0.05, 0.1) is 0 Å². The van der Waals surface area contributed by atoms with Crippen LogP contribution in [0.1, 0.15) is 11.1 Å². The van der Waals surface area contributed by atoms with E-state index in [-0.39, 0.29) is 13.2 Å². The molecule has 6 nitrogen and oxygen atoms in total. The van der Waals surface area contributed by atoms with E-state index in [9.17, 15) is 10.2 Å². The largest absolute Gasteiger partial charge is 0.491 e. The molecule has 170 valence electrons. The maximum absolute atomic E-state index is 10.2. The summed E-state index contributed by atoms with van der Waals surface area (Å²) in [7, 11) is 0. The molecule has 0 aliphatic heterocycles. The fourth-order valence-corrected chi connectivity index (χ4v) is 3.13. The lowest BCUT2D eigenvalue weighted by Crippen LogP contribution is -2.26. The van der Waals surface area contributed by atoms with Gasteiger partial charge in [-0.3, -0.25) is 0 Å². The number of aryl methyl sites for hydroxylation is 2. The Morgan fingerprint density at radius 3 is 1.38 bits per heavy atom. The van der Waals surface area contributed by atoms with E-state index in [1.165, 1.54) is 0 Å². The van der Waals surface area contributed by atoms with Gasteiger partial charge in [0.2, 0.25) is 0 Å². The highest BCUT2D eigenvalue weighted by molar-refractivity contribution is 5.51. The number of benzene rings is 3. The number of anilines is 2. The highest BCUT2D eigenvalue weighted by Gasteiger charge is 2.08. The van der Waals surface area contributed by atoms with Crippen molar-refractivity contribution in [1.29, 1.82) is 0 Å². The molecule has 0 radical (unpaired) electrons. The van der Waals surface area contributed by atoms with Crippen molar-refractivity contribution in [3.8, 4) is 11.5 Å². The molecule has 0 bridgehead atoms. The zero-order valence-corrected chi connectivity index (χ0v) is 18.6. The lowest BCUT2D eigenvalue weighted by atomic mass is 10.2. The van der Waals surface area contributed by atoms with Crippen LogP contribution in [0.3, 0.4) is 0 Å². The summed E-state index contributed by atoms with van der Waals surface area (Å²) < 4.78 is 11.3. The normalized spacial score (nSPS) is 12.6. The van der Waals surface area contributed by atoms with Crippen molar-refractivity contribution in [2.45, 2.75) is 26.1 Å². The predicted octanol–water partition coefficient (Wildman–Crippen LogP) is 4.01. The smallest absolute Gasteiger partial charge is 0.119 e. The minimum atomic E-state index is -0.638. The van der Waals surface area contributed by atoms with Gasteiger partial charge in [-0.05, 0) is 61.4 Å². The van der Waals surface area contributed by atoms with Crippen molar-refractivity contribution in [2.24, 2.45) is 0 Å². The van der Waals surface area contributed by atoms with E-state index >= 15 is 0 Å². The molecule has 32 heavy (non-hydrogen) atoms. The van der Waals surface area contributed by atoms with E-state index < -0.39 is 12.2 Å². The van der Waals surface area contributed by atoms with Crippen LogP contribution in [0.5, 0.6) is 11.5 Å². The van der Waals surface area contributed by atoms with Crippen LogP contribution in [0.15, 0.2) is 72.8 Å². The molecule has 6 heteroatoms. The maximum Gasteiger partial charge on any atom is 0.119 e. The van der Waals surface area contributed by atoms with Crippen LogP contribution in [-0.2, 0) is 0 Å². The van der Waals surface area contributed by atoms with Crippen molar-refractivity contribution >= 4 is 11.4 Å². The Morgan fingerprint density at radius 2 is 1.00 bits per heavy atom. The molecule has 0 fully saturated rings. The van der Waals surface area contributed by atoms with Gasteiger partial charge in [0.15, 0.2) is 0 Å². The van der Waals surface area contributed by atoms with Crippen molar-refractivity contribution in [3.63, 3.8) is 0 Å². The Balaban J connectivity index is 1.35. The molecule has 0 spiro atoms. The van der Waals surface area contributed by atoms with Crippen LogP contribution < -0.4 is 20.1 Å². The molecule has 0 unspecified atom stereocenters. The van der Waals surface area contributed by atoms with Gasteiger partial charge >= 0.3 is 0 Å². The van der Waals surface area contributed by atoms with Crippen molar-refractivity contribution in [3.05, 3.63) is 83.9 Å². The molecule has 0 saturated heterocycles. The van der Waals surface area contributed by atoms with Crippen LogP contribution in [-0.4, -0.2) is 48.7 Å². The van der Waals surface area contributed by atoms with Gasteiger partial charge in [0, 0.05) is 24.5 Å². The van der Waals surface area contributed by atoms with Crippen LogP contribution >= 0.6 is 0 Å². The number of ether oxygens (including phenoxy) is 2. The molecule has 2 atom stereocenters. The van der Waals surface area contributed by atoms with Crippen molar-refractivity contribution in [1.82, 2.24) is 0 Å². The summed E-state index contributed by atoms with van der Waals surface area (Å²) in [5, 5.41) is 26.8. The second kappa shape index (κ2) is 12.0. The highest BCUT2D eigenvalue weighted by Crippen LogP contribution is 2.19. The van der Waals surface area contributed by atoms with Crippen LogP contribution in [0.2, 0.25) is 0 Å². The predicted molar refractivity (Wildman–Crippen MR) is 129 cm³/mol. The van der Waals surface area contributed by atoms with Gasteiger partial charge in [0.1, 0.15) is 36.9 Å². The summed E-state index contributed by atoms with van der Waals surface area (Å²) in [6.07, 6.45) is -1.28. The van der Waals surface area contributed by atoms with E-state index in [2.05, 4.69) is 10.6 Å². The Kier molecular flexibility index (Phi) is 8.78. The molecule has 0 heterocycles. The van der Waals surface area contributed by atoms with Gasteiger partial charge in [-0.2, -0.15) is 0 Å². The summed E-state index contributed by atoms with van der Waals surface area (Å²) in [5.41, 5.74) is 4.27. The topological polar surface area (TPSA) is 83.0 Å². The summed E-state index contributed by atoms with van der Waals surface area (Å²) in [6.45, 7) is 5.22. The van der Waals surface area contributed by atoms with Crippen LogP contribution in [0.4, 0.5) is 11.4 Å². The van der Waals surface area contributed by atoms with Crippen LogP contribution in [0, 0.1) is 13.8 Å². The SMILES string of the molecule is Cc1ccccc1NC[C@@H](O)COc1ccc(OC[C@H](O)CNc2ccccc2C)cc1. The molecule has 3 aromatic carbocycles. The van der Waals surface area contributed by atoms with Crippen molar-refractivity contribution < 1.29 is 19.7 Å². The van der Waals surface area contributed by atoms with E-state index in [0.717, 1.165) is 22.5 Å². The monoisotopic (exact) mass is 436 g/mol.